The van der Waals surface area contributed by atoms with Gasteiger partial charge < -0.3 is 19.8 Å². The molecule has 0 saturated carbocycles. The molecule has 0 aliphatic carbocycles. The zero-order valence-corrected chi connectivity index (χ0v) is 23.1. The maximum atomic E-state index is 13.5. The maximum absolute atomic E-state index is 13.5. The first-order valence-electron chi connectivity index (χ1n) is 13.7. The number of carbonyl (C=O) groups is 2. The average molecular weight is 518 g/mol. The van der Waals surface area contributed by atoms with E-state index in [9.17, 15) is 14.4 Å². The molecule has 4 heterocycles. The van der Waals surface area contributed by atoms with Gasteiger partial charge in [0.2, 0.25) is 5.91 Å². The molecule has 2 aromatic heterocycles. The summed E-state index contributed by atoms with van der Waals surface area (Å²) in [7, 11) is 0. The molecule has 2 aliphatic rings. The van der Waals surface area contributed by atoms with E-state index in [-0.39, 0.29) is 30.0 Å². The highest BCUT2D eigenvalue weighted by Crippen LogP contribution is 2.36. The van der Waals surface area contributed by atoms with Crippen LogP contribution in [0.5, 0.6) is 0 Å². The zero-order valence-electron chi connectivity index (χ0n) is 23.1. The average Bonchev–Trinajstić information content (AvgIpc) is 3.13. The van der Waals surface area contributed by atoms with Gasteiger partial charge in [-0.3, -0.25) is 19.3 Å². The fourth-order valence-corrected chi connectivity index (χ4v) is 6.48. The Labute approximate surface area is 224 Å². The van der Waals surface area contributed by atoms with Crippen molar-refractivity contribution in [3.63, 3.8) is 0 Å². The molecule has 1 atom stereocenters. The van der Waals surface area contributed by atoms with E-state index >= 15 is 0 Å². The van der Waals surface area contributed by atoms with Crippen LogP contribution in [0.2, 0.25) is 0 Å². The molecule has 0 spiro atoms. The van der Waals surface area contributed by atoms with Crippen molar-refractivity contribution in [2.45, 2.75) is 66.1 Å². The van der Waals surface area contributed by atoms with E-state index in [1.807, 2.05) is 49.9 Å². The Morgan fingerprint density at radius 3 is 2.45 bits per heavy atom. The number of H-pyrrole nitrogens is 1. The topological polar surface area (TPSA) is 90.4 Å². The summed E-state index contributed by atoms with van der Waals surface area (Å²) in [6.07, 6.45) is 2.20. The Kier molecular flexibility index (Phi) is 7.18. The number of pyridine rings is 1. The Hall–Kier alpha value is -3.39. The lowest BCUT2D eigenvalue weighted by atomic mass is 9.88. The van der Waals surface area contributed by atoms with Gasteiger partial charge in [0, 0.05) is 66.5 Å². The first-order valence-corrected chi connectivity index (χ1v) is 13.7. The van der Waals surface area contributed by atoms with Crippen LogP contribution in [-0.2, 0) is 11.3 Å². The third-order valence-electron chi connectivity index (χ3n) is 8.79. The molecular weight excluding hydrogens is 478 g/mol. The molecule has 0 radical (unpaired) electrons. The molecule has 8 nitrogen and oxygen atoms in total. The number of hydrogen-bond donors (Lipinski definition) is 2. The van der Waals surface area contributed by atoms with Crippen LogP contribution >= 0.6 is 0 Å². The predicted molar refractivity (Wildman–Crippen MR) is 149 cm³/mol. The first kappa shape index (κ1) is 26.2. The SMILES string of the molecule is CC(=O)N1CC(N2CCC(C(C)n3c(C)c(C(=O)NCc4c(C)cc(C)[nH]c4=O)c4ccccc43)CC2)C1. The number of aromatic nitrogens is 2. The molecule has 5 rings (SSSR count). The number of hydrogen-bond acceptors (Lipinski definition) is 4. The summed E-state index contributed by atoms with van der Waals surface area (Å²) in [5.74, 6) is 0.522. The van der Waals surface area contributed by atoms with Crippen molar-refractivity contribution in [1.29, 1.82) is 0 Å². The minimum Gasteiger partial charge on any atom is -0.348 e. The van der Waals surface area contributed by atoms with Crippen LogP contribution in [0.1, 0.15) is 65.6 Å². The van der Waals surface area contributed by atoms with E-state index in [1.54, 1.807) is 6.92 Å². The van der Waals surface area contributed by atoms with E-state index in [4.69, 9.17) is 0 Å². The number of benzene rings is 1. The van der Waals surface area contributed by atoms with Crippen molar-refractivity contribution in [2.24, 2.45) is 5.92 Å². The van der Waals surface area contributed by atoms with Crippen molar-refractivity contribution in [3.05, 3.63) is 68.8 Å². The summed E-state index contributed by atoms with van der Waals surface area (Å²) < 4.78 is 2.34. The lowest BCUT2D eigenvalue weighted by Gasteiger charge is -2.48. The van der Waals surface area contributed by atoms with Crippen LogP contribution in [-0.4, -0.2) is 63.4 Å². The van der Waals surface area contributed by atoms with Gasteiger partial charge in [-0.05, 0) is 77.2 Å². The summed E-state index contributed by atoms with van der Waals surface area (Å²) in [4.78, 5) is 44.8. The van der Waals surface area contributed by atoms with Gasteiger partial charge >= 0.3 is 0 Å². The quantitative estimate of drug-likeness (QED) is 0.522. The summed E-state index contributed by atoms with van der Waals surface area (Å²) in [6.45, 7) is 13.7. The van der Waals surface area contributed by atoms with Crippen molar-refractivity contribution >= 4 is 22.7 Å². The molecule has 2 amide bonds. The van der Waals surface area contributed by atoms with E-state index in [1.165, 1.54) is 0 Å². The second-order valence-corrected chi connectivity index (χ2v) is 11.2. The summed E-state index contributed by atoms with van der Waals surface area (Å²) in [5.41, 5.74) is 4.84. The van der Waals surface area contributed by atoms with Crippen molar-refractivity contribution in [3.8, 4) is 0 Å². The third kappa shape index (κ3) is 4.77. The summed E-state index contributed by atoms with van der Waals surface area (Å²) in [5, 5.41) is 3.96. The highest BCUT2D eigenvalue weighted by atomic mass is 16.2. The molecule has 2 N–H and O–H groups in total. The summed E-state index contributed by atoms with van der Waals surface area (Å²) in [6, 6.07) is 10.8. The first-order chi connectivity index (χ1) is 18.2. The van der Waals surface area contributed by atoms with E-state index in [0.717, 1.165) is 66.9 Å². The Bertz CT molecular complexity index is 1420. The fraction of sp³-hybridized carbons (Fsp3) is 0.500. The number of fused-ring (bicyclic) bond motifs is 1. The summed E-state index contributed by atoms with van der Waals surface area (Å²) >= 11 is 0. The Morgan fingerprint density at radius 2 is 1.79 bits per heavy atom. The van der Waals surface area contributed by atoms with Gasteiger partial charge in [-0.2, -0.15) is 0 Å². The molecule has 2 fully saturated rings. The van der Waals surface area contributed by atoms with E-state index in [2.05, 4.69) is 32.8 Å². The van der Waals surface area contributed by atoms with E-state index in [0.29, 0.717) is 23.1 Å². The molecule has 3 aromatic rings. The second kappa shape index (κ2) is 10.4. The molecule has 0 bridgehead atoms. The van der Waals surface area contributed by atoms with Gasteiger partial charge in [-0.15, -0.1) is 0 Å². The minimum atomic E-state index is -0.155. The number of aryl methyl sites for hydroxylation is 2. The van der Waals surface area contributed by atoms with Crippen molar-refractivity contribution in [1.82, 2.24) is 24.7 Å². The van der Waals surface area contributed by atoms with Crippen molar-refractivity contribution < 1.29 is 9.59 Å². The van der Waals surface area contributed by atoms with Crippen LogP contribution in [0.4, 0.5) is 0 Å². The third-order valence-corrected chi connectivity index (χ3v) is 8.79. The number of carbonyl (C=O) groups excluding carboxylic acids is 2. The Balaban J connectivity index is 1.33. The highest BCUT2D eigenvalue weighted by molar-refractivity contribution is 6.08. The molecular formula is C30H39N5O3. The smallest absolute Gasteiger partial charge is 0.254 e. The Morgan fingerprint density at radius 1 is 1.11 bits per heavy atom. The molecule has 1 unspecified atom stereocenters. The zero-order chi connectivity index (χ0) is 27.1. The largest absolute Gasteiger partial charge is 0.348 e. The van der Waals surface area contributed by atoms with Gasteiger partial charge in [0.25, 0.3) is 11.5 Å². The van der Waals surface area contributed by atoms with Gasteiger partial charge in [-0.1, -0.05) is 18.2 Å². The highest BCUT2D eigenvalue weighted by Gasteiger charge is 2.36. The lowest BCUT2D eigenvalue weighted by molar-refractivity contribution is -0.136. The van der Waals surface area contributed by atoms with Crippen LogP contribution in [0.25, 0.3) is 10.9 Å². The molecule has 2 aliphatic heterocycles. The lowest BCUT2D eigenvalue weighted by Crippen LogP contribution is -2.61. The molecule has 38 heavy (non-hydrogen) atoms. The van der Waals surface area contributed by atoms with E-state index < -0.39 is 0 Å². The normalized spacial score (nSPS) is 18.0. The van der Waals surface area contributed by atoms with Gasteiger partial charge in [-0.25, -0.2) is 0 Å². The number of likely N-dealkylation sites (tertiary alicyclic amines) is 2. The number of nitrogens with zero attached hydrogens (tertiary/aromatic N) is 3. The molecule has 2 saturated heterocycles. The monoisotopic (exact) mass is 517 g/mol. The maximum Gasteiger partial charge on any atom is 0.254 e. The number of aromatic amines is 1. The number of piperidine rings is 1. The van der Waals surface area contributed by atoms with Crippen LogP contribution in [0.15, 0.2) is 35.1 Å². The molecule has 202 valence electrons. The van der Waals surface area contributed by atoms with Gasteiger partial charge in [0.1, 0.15) is 0 Å². The molecule has 8 heteroatoms. The van der Waals surface area contributed by atoms with Crippen LogP contribution < -0.4 is 10.9 Å². The predicted octanol–water partition coefficient (Wildman–Crippen LogP) is 3.69. The second-order valence-electron chi connectivity index (χ2n) is 11.2. The van der Waals surface area contributed by atoms with Gasteiger partial charge in [0.15, 0.2) is 0 Å². The standard InChI is InChI=1S/C30H39N5O3/c1-18-14-19(2)32-29(37)26(18)15-31-30(38)28-21(4)35(27-9-7-6-8-25(27)28)20(3)23-10-12-33(13-11-23)24-16-34(17-24)22(5)36/h6-9,14,20,23-24H,10-13,15-17H2,1-5H3,(H,31,38)(H,32,37). The number of amides is 2. The number of para-hydroxylation sites is 1. The van der Waals surface area contributed by atoms with Crippen LogP contribution in [0.3, 0.4) is 0 Å². The van der Waals surface area contributed by atoms with Gasteiger partial charge in [0.05, 0.1) is 5.56 Å². The molecule has 1 aromatic carbocycles. The van der Waals surface area contributed by atoms with Crippen LogP contribution in [0, 0.1) is 26.7 Å². The number of nitrogens with one attached hydrogen (secondary N) is 2. The minimum absolute atomic E-state index is 0.154. The van der Waals surface area contributed by atoms with Crippen molar-refractivity contribution in [2.75, 3.05) is 26.2 Å². The number of rotatable bonds is 6. The fourth-order valence-electron chi connectivity index (χ4n) is 6.48.